The van der Waals surface area contributed by atoms with Crippen molar-refractivity contribution in [2.75, 3.05) is 0 Å². The van der Waals surface area contributed by atoms with Crippen molar-refractivity contribution in [3.8, 4) is 11.3 Å². The molecule has 0 spiro atoms. The summed E-state index contributed by atoms with van der Waals surface area (Å²) in [4.78, 5) is 29.8. The van der Waals surface area contributed by atoms with Gasteiger partial charge in [-0.15, -0.1) is 0 Å². The monoisotopic (exact) mass is 445 g/mol. The summed E-state index contributed by atoms with van der Waals surface area (Å²) in [5.41, 5.74) is 2.90. The zero-order chi connectivity index (χ0) is 22.9. The maximum atomic E-state index is 13.6. The van der Waals surface area contributed by atoms with Crippen LogP contribution in [0.4, 0.5) is 4.39 Å². The van der Waals surface area contributed by atoms with Gasteiger partial charge in [0.1, 0.15) is 17.6 Å². The summed E-state index contributed by atoms with van der Waals surface area (Å²) in [5, 5.41) is 16.9. The molecular weight excluding hydrogens is 425 g/mol. The second-order valence-electron chi connectivity index (χ2n) is 8.14. The number of carbonyl (C=O) groups excluding carboxylic acids is 1. The molecule has 2 N–H and O–H groups in total. The van der Waals surface area contributed by atoms with Gasteiger partial charge in [0.15, 0.2) is 0 Å². The summed E-state index contributed by atoms with van der Waals surface area (Å²) in [6.45, 7) is 0. The van der Waals surface area contributed by atoms with Crippen LogP contribution in [0.5, 0.6) is 0 Å². The van der Waals surface area contributed by atoms with Gasteiger partial charge in [-0.2, -0.15) is 0 Å². The third kappa shape index (κ3) is 4.32. The predicted octanol–water partition coefficient (Wildman–Crippen LogP) is 4.33. The number of benzene rings is 2. The molecule has 1 saturated carbocycles. The average molecular weight is 445 g/mol. The Morgan fingerprint density at radius 1 is 1.12 bits per heavy atom. The first kappa shape index (κ1) is 20.8. The molecule has 1 aliphatic carbocycles. The molecule has 0 aliphatic heterocycles. The number of halogens is 1. The second-order valence-corrected chi connectivity index (χ2v) is 8.14. The number of hydrogen-bond donors (Lipinski definition) is 2. The van der Waals surface area contributed by atoms with E-state index in [1.807, 2.05) is 30.3 Å². The highest BCUT2D eigenvalue weighted by Crippen LogP contribution is 2.41. The van der Waals surface area contributed by atoms with Gasteiger partial charge in [-0.1, -0.05) is 47.6 Å². The van der Waals surface area contributed by atoms with Crippen molar-refractivity contribution >= 4 is 23.0 Å². The fraction of sp³-hybridized carbons (Fsp3) is 0.200. The summed E-state index contributed by atoms with van der Waals surface area (Å²) in [5.74, 6) is -2.01. The molecule has 0 bridgehead atoms. The highest BCUT2D eigenvalue weighted by molar-refractivity contribution is 6.10. The van der Waals surface area contributed by atoms with Gasteiger partial charge < -0.3 is 14.9 Å². The normalized spacial score (nSPS) is 14.2. The first-order chi connectivity index (χ1) is 16.0. The van der Waals surface area contributed by atoms with Crippen LogP contribution in [0.3, 0.4) is 0 Å². The smallest absolute Gasteiger partial charge is 0.326 e. The molecule has 2 aromatic heterocycles. The van der Waals surface area contributed by atoms with E-state index >= 15 is 0 Å². The van der Waals surface area contributed by atoms with Crippen LogP contribution in [0.1, 0.15) is 40.4 Å². The molecule has 4 aromatic rings. The summed E-state index contributed by atoms with van der Waals surface area (Å²) >= 11 is 0. The molecule has 8 heteroatoms. The summed E-state index contributed by atoms with van der Waals surface area (Å²) < 4.78 is 19.0. The standard InChI is InChI=1S/C25H20FN3O4/c26-17-8-4-5-14(11-17)12-20(25(31)32)27-23(30)18-13-19(15-9-10-15)28-24-21(18)22(29-33-24)16-6-2-1-3-7-16/h1-8,11,13,15,20H,9-10,12H2,(H,27,30)(H,31,32). The molecule has 1 unspecified atom stereocenters. The van der Waals surface area contributed by atoms with Gasteiger partial charge in [0, 0.05) is 23.6 Å². The van der Waals surface area contributed by atoms with Gasteiger partial charge in [-0.25, -0.2) is 14.2 Å². The van der Waals surface area contributed by atoms with Gasteiger partial charge in [0.2, 0.25) is 0 Å². The summed E-state index contributed by atoms with van der Waals surface area (Å²) in [6, 6.07) is 15.4. The number of nitrogens with one attached hydrogen (secondary N) is 1. The minimum atomic E-state index is -1.24. The first-order valence-electron chi connectivity index (χ1n) is 10.6. The molecule has 1 amide bonds. The maximum absolute atomic E-state index is 13.6. The maximum Gasteiger partial charge on any atom is 0.326 e. The van der Waals surface area contributed by atoms with Gasteiger partial charge >= 0.3 is 5.97 Å². The lowest BCUT2D eigenvalue weighted by Gasteiger charge is -2.15. The number of carbonyl (C=O) groups is 2. The second kappa shape index (κ2) is 8.46. The Labute approximate surface area is 188 Å². The van der Waals surface area contributed by atoms with E-state index < -0.39 is 23.7 Å². The largest absolute Gasteiger partial charge is 0.480 e. The average Bonchev–Trinajstić information content (AvgIpc) is 3.57. The molecule has 2 aromatic carbocycles. The Hall–Kier alpha value is -4.07. The lowest BCUT2D eigenvalue weighted by atomic mass is 10.0. The summed E-state index contributed by atoms with van der Waals surface area (Å²) in [6.07, 6.45) is 1.88. The van der Waals surface area contributed by atoms with E-state index in [9.17, 15) is 19.1 Å². The lowest BCUT2D eigenvalue weighted by Crippen LogP contribution is -2.42. The number of pyridine rings is 1. The van der Waals surface area contributed by atoms with Crippen LogP contribution >= 0.6 is 0 Å². The van der Waals surface area contributed by atoms with Crippen molar-refractivity contribution in [1.29, 1.82) is 0 Å². The molecule has 2 heterocycles. The Balaban J connectivity index is 1.53. The quantitative estimate of drug-likeness (QED) is 0.439. The Kier molecular flexibility index (Phi) is 5.34. The summed E-state index contributed by atoms with van der Waals surface area (Å²) in [7, 11) is 0. The zero-order valence-corrected chi connectivity index (χ0v) is 17.5. The third-order valence-corrected chi connectivity index (χ3v) is 5.69. The van der Waals surface area contributed by atoms with Crippen LogP contribution in [-0.2, 0) is 11.2 Å². The number of aliphatic carboxylic acids is 1. The van der Waals surface area contributed by atoms with Gasteiger partial charge in [-0.3, -0.25) is 4.79 Å². The minimum absolute atomic E-state index is 0.0578. The van der Waals surface area contributed by atoms with Crippen molar-refractivity contribution in [3.05, 3.63) is 83.3 Å². The third-order valence-electron chi connectivity index (χ3n) is 5.69. The van der Waals surface area contributed by atoms with Crippen LogP contribution in [0.25, 0.3) is 22.4 Å². The molecule has 166 valence electrons. The SMILES string of the molecule is O=C(NC(Cc1cccc(F)c1)C(=O)O)c1cc(C2CC2)nc2onc(-c3ccccc3)c12. The molecule has 0 saturated heterocycles. The molecule has 1 aliphatic rings. The highest BCUT2D eigenvalue weighted by Gasteiger charge is 2.30. The van der Waals surface area contributed by atoms with E-state index in [0.29, 0.717) is 16.6 Å². The topological polar surface area (TPSA) is 105 Å². The number of fused-ring (bicyclic) bond motifs is 1. The van der Waals surface area contributed by atoms with Crippen molar-refractivity contribution < 1.29 is 23.6 Å². The van der Waals surface area contributed by atoms with Crippen LogP contribution in [-0.4, -0.2) is 33.2 Å². The van der Waals surface area contributed by atoms with Crippen molar-refractivity contribution in [1.82, 2.24) is 15.5 Å². The van der Waals surface area contributed by atoms with E-state index in [0.717, 1.165) is 24.1 Å². The van der Waals surface area contributed by atoms with Crippen molar-refractivity contribution in [3.63, 3.8) is 0 Å². The van der Waals surface area contributed by atoms with Gasteiger partial charge in [0.25, 0.3) is 11.6 Å². The van der Waals surface area contributed by atoms with Gasteiger partial charge in [0.05, 0.1) is 10.9 Å². The molecule has 1 atom stereocenters. The van der Waals surface area contributed by atoms with E-state index in [-0.39, 0.29) is 23.6 Å². The number of aromatic nitrogens is 2. The fourth-order valence-electron chi connectivity index (χ4n) is 3.87. The molecule has 1 fully saturated rings. The Bertz CT molecular complexity index is 1350. The first-order valence-corrected chi connectivity index (χ1v) is 10.6. The van der Waals surface area contributed by atoms with E-state index in [4.69, 9.17) is 4.52 Å². The highest BCUT2D eigenvalue weighted by atomic mass is 19.1. The minimum Gasteiger partial charge on any atom is -0.480 e. The van der Waals surface area contributed by atoms with Crippen LogP contribution in [0.15, 0.2) is 65.2 Å². The van der Waals surface area contributed by atoms with Crippen LogP contribution < -0.4 is 5.32 Å². The Morgan fingerprint density at radius 2 is 1.91 bits per heavy atom. The molecule has 33 heavy (non-hydrogen) atoms. The number of amides is 1. The molecule has 5 rings (SSSR count). The Morgan fingerprint density at radius 3 is 2.61 bits per heavy atom. The lowest BCUT2D eigenvalue weighted by molar-refractivity contribution is -0.139. The number of carboxylic acid groups (broad SMARTS) is 1. The van der Waals surface area contributed by atoms with E-state index in [2.05, 4.69) is 15.5 Å². The number of hydrogen-bond acceptors (Lipinski definition) is 5. The molecule has 0 radical (unpaired) electrons. The van der Waals surface area contributed by atoms with Crippen molar-refractivity contribution in [2.24, 2.45) is 0 Å². The van der Waals surface area contributed by atoms with Crippen LogP contribution in [0, 0.1) is 5.82 Å². The fourth-order valence-corrected chi connectivity index (χ4v) is 3.87. The number of rotatable bonds is 7. The zero-order valence-electron chi connectivity index (χ0n) is 17.5. The van der Waals surface area contributed by atoms with E-state index in [1.165, 1.54) is 18.2 Å². The number of carboxylic acids is 1. The van der Waals surface area contributed by atoms with Gasteiger partial charge in [-0.05, 0) is 36.6 Å². The van der Waals surface area contributed by atoms with Crippen molar-refractivity contribution in [2.45, 2.75) is 31.2 Å². The van der Waals surface area contributed by atoms with E-state index in [1.54, 1.807) is 12.1 Å². The van der Waals surface area contributed by atoms with Crippen LogP contribution in [0.2, 0.25) is 0 Å². The number of nitrogens with zero attached hydrogens (tertiary/aromatic N) is 2. The predicted molar refractivity (Wildman–Crippen MR) is 118 cm³/mol. The molecule has 7 nitrogen and oxygen atoms in total. The molecular formula is C25H20FN3O4.